The molecule has 0 aromatic rings. The van der Waals surface area contributed by atoms with Crippen molar-refractivity contribution in [3.8, 4) is 0 Å². The van der Waals surface area contributed by atoms with Gasteiger partial charge in [-0.3, -0.25) is 9.20 Å². The van der Waals surface area contributed by atoms with Gasteiger partial charge in [0.25, 0.3) is 0 Å². The normalized spacial score (nSPS) is 25.1. The highest BCUT2D eigenvalue weighted by Crippen LogP contribution is 2.22. The summed E-state index contributed by atoms with van der Waals surface area (Å²) in [7, 11) is -0.740. The maximum atomic E-state index is 11.0. The average molecular weight is 248 g/mol. The third-order valence-corrected chi connectivity index (χ3v) is 4.27. The zero-order valence-corrected chi connectivity index (χ0v) is 11.5. The number of hydrogen-bond acceptors (Lipinski definition) is 4. The van der Waals surface area contributed by atoms with Gasteiger partial charge in [-0.05, 0) is 12.8 Å². The fourth-order valence-electron chi connectivity index (χ4n) is 1.41. The number of amidine groups is 1. The van der Waals surface area contributed by atoms with E-state index in [1.807, 2.05) is 6.92 Å². The minimum absolute atomic E-state index is 0.244. The van der Waals surface area contributed by atoms with Crippen molar-refractivity contribution in [2.45, 2.75) is 32.9 Å². The quantitative estimate of drug-likeness (QED) is 0.819. The van der Waals surface area contributed by atoms with E-state index in [4.69, 9.17) is 0 Å². The van der Waals surface area contributed by atoms with Crippen molar-refractivity contribution in [1.29, 1.82) is 0 Å². The summed E-state index contributed by atoms with van der Waals surface area (Å²) < 4.78 is 11.0. The predicted molar refractivity (Wildman–Crippen MR) is 70.1 cm³/mol. The van der Waals surface area contributed by atoms with E-state index in [0.717, 1.165) is 10.9 Å². The SMILES string of the molecule is CC(CS(C)=O)NC1=N[C@@H](C(C)C)CS1. The molecule has 0 bridgehead atoms. The Kier molecular flexibility index (Phi) is 5.12. The lowest BCUT2D eigenvalue weighted by molar-refractivity contribution is 0.541. The van der Waals surface area contributed by atoms with Crippen LogP contribution in [0.5, 0.6) is 0 Å². The van der Waals surface area contributed by atoms with Crippen molar-refractivity contribution in [1.82, 2.24) is 5.32 Å². The molecule has 1 aliphatic heterocycles. The molecule has 1 N–H and O–H groups in total. The standard InChI is InChI=1S/C10H20N2OS2/c1-7(2)9-5-14-10(12-9)11-8(3)6-15(4)13/h7-9H,5-6H2,1-4H3,(H,11,12)/t8?,9-,15?/m1/s1. The van der Waals surface area contributed by atoms with Gasteiger partial charge >= 0.3 is 0 Å². The molecule has 0 amide bonds. The van der Waals surface area contributed by atoms with E-state index in [1.54, 1.807) is 18.0 Å². The molecular formula is C10H20N2OS2. The zero-order valence-electron chi connectivity index (χ0n) is 9.82. The van der Waals surface area contributed by atoms with Gasteiger partial charge in [0.15, 0.2) is 5.17 Å². The molecule has 0 aromatic heterocycles. The molecule has 0 saturated carbocycles. The van der Waals surface area contributed by atoms with Gasteiger partial charge in [-0.1, -0.05) is 25.6 Å². The Morgan fingerprint density at radius 1 is 1.60 bits per heavy atom. The predicted octanol–water partition coefficient (Wildman–Crippen LogP) is 1.47. The molecular weight excluding hydrogens is 228 g/mol. The van der Waals surface area contributed by atoms with Gasteiger partial charge < -0.3 is 5.32 Å². The highest BCUT2D eigenvalue weighted by Gasteiger charge is 2.21. The van der Waals surface area contributed by atoms with Crippen LogP contribution in [0, 0.1) is 5.92 Å². The Hall–Kier alpha value is -0.0300. The average Bonchev–Trinajstić information content (AvgIpc) is 2.50. The minimum atomic E-state index is -0.740. The molecule has 15 heavy (non-hydrogen) atoms. The molecule has 0 aliphatic carbocycles. The first kappa shape index (κ1) is 13.0. The van der Waals surface area contributed by atoms with Crippen LogP contribution in [0.15, 0.2) is 4.99 Å². The number of nitrogens with one attached hydrogen (secondary N) is 1. The topological polar surface area (TPSA) is 41.5 Å². The Morgan fingerprint density at radius 2 is 2.27 bits per heavy atom. The molecule has 0 saturated heterocycles. The van der Waals surface area contributed by atoms with E-state index in [0.29, 0.717) is 17.7 Å². The second kappa shape index (κ2) is 5.89. The van der Waals surface area contributed by atoms with E-state index in [-0.39, 0.29) is 6.04 Å². The van der Waals surface area contributed by atoms with Crippen molar-refractivity contribution < 1.29 is 4.21 Å². The van der Waals surface area contributed by atoms with Crippen LogP contribution in [0.25, 0.3) is 0 Å². The van der Waals surface area contributed by atoms with Crippen LogP contribution in [-0.2, 0) is 10.8 Å². The first-order chi connectivity index (χ1) is 6.99. The van der Waals surface area contributed by atoms with Crippen LogP contribution < -0.4 is 5.32 Å². The highest BCUT2D eigenvalue weighted by molar-refractivity contribution is 8.14. The largest absolute Gasteiger partial charge is 0.362 e. The van der Waals surface area contributed by atoms with Crippen molar-refractivity contribution in [2.24, 2.45) is 10.9 Å². The summed E-state index contributed by atoms with van der Waals surface area (Å²) in [6.07, 6.45) is 1.73. The summed E-state index contributed by atoms with van der Waals surface area (Å²) in [5.74, 6) is 2.36. The Morgan fingerprint density at radius 3 is 2.73 bits per heavy atom. The lowest BCUT2D eigenvalue weighted by Crippen LogP contribution is -2.34. The van der Waals surface area contributed by atoms with Crippen LogP contribution in [0.1, 0.15) is 20.8 Å². The number of hydrogen-bond donors (Lipinski definition) is 1. The lowest BCUT2D eigenvalue weighted by Gasteiger charge is -2.12. The smallest absolute Gasteiger partial charge is 0.157 e. The Balaban J connectivity index is 2.39. The maximum Gasteiger partial charge on any atom is 0.157 e. The molecule has 0 aromatic carbocycles. The van der Waals surface area contributed by atoms with Gasteiger partial charge in [0.2, 0.25) is 0 Å². The van der Waals surface area contributed by atoms with E-state index < -0.39 is 10.8 Å². The van der Waals surface area contributed by atoms with Crippen molar-refractivity contribution >= 4 is 27.7 Å². The monoisotopic (exact) mass is 248 g/mol. The van der Waals surface area contributed by atoms with Gasteiger partial charge in [-0.15, -0.1) is 0 Å². The molecule has 1 rings (SSSR count). The summed E-state index contributed by atoms with van der Waals surface area (Å²) in [6, 6.07) is 0.685. The molecule has 1 heterocycles. The van der Waals surface area contributed by atoms with E-state index in [2.05, 4.69) is 24.2 Å². The molecule has 88 valence electrons. The van der Waals surface area contributed by atoms with Crippen LogP contribution in [0.4, 0.5) is 0 Å². The van der Waals surface area contributed by atoms with Gasteiger partial charge in [0, 0.05) is 34.6 Å². The summed E-state index contributed by atoms with van der Waals surface area (Å²) >= 11 is 1.77. The minimum Gasteiger partial charge on any atom is -0.362 e. The summed E-state index contributed by atoms with van der Waals surface area (Å²) in [6.45, 7) is 6.44. The number of aliphatic imine (C=N–C) groups is 1. The Labute approximate surface area is 99.0 Å². The Bertz CT molecular complexity index is 266. The van der Waals surface area contributed by atoms with Crippen LogP contribution in [0.2, 0.25) is 0 Å². The van der Waals surface area contributed by atoms with Crippen molar-refractivity contribution in [3.63, 3.8) is 0 Å². The first-order valence-electron chi connectivity index (χ1n) is 5.26. The van der Waals surface area contributed by atoms with Gasteiger partial charge in [0.05, 0.1) is 6.04 Å². The second-order valence-electron chi connectivity index (χ2n) is 4.34. The molecule has 0 radical (unpaired) electrons. The van der Waals surface area contributed by atoms with E-state index in [1.165, 1.54) is 0 Å². The summed E-state index contributed by atoms with van der Waals surface area (Å²) in [5.41, 5.74) is 0. The molecule has 0 fully saturated rings. The number of rotatable bonds is 4. The molecule has 3 atom stereocenters. The van der Waals surface area contributed by atoms with Crippen molar-refractivity contribution in [2.75, 3.05) is 17.8 Å². The zero-order chi connectivity index (χ0) is 11.4. The maximum absolute atomic E-state index is 11.0. The van der Waals surface area contributed by atoms with E-state index >= 15 is 0 Å². The number of thioether (sulfide) groups is 1. The van der Waals surface area contributed by atoms with Crippen LogP contribution in [-0.4, -0.2) is 39.2 Å². The van der Waals surface area contributed by atoms with Crippen LogP contribution in [0.3, 0.4) is 0 Å². The van der Waals surface area contributed by atoms with Gasteiger partial charge in [-0.2, -0.15) is 0 Å². The highest BCUT2D eigenvalue weighted by atomic mass is 32.2. The fraction of sp³-hybridized carbons (Fsp3) is 0.900. The third-order valence-electron chi connectivity index (χ3n) is 2.30. The molecule has 3 nitrogen and oxygen atoms in total. The molecule has 0 spiro atoms. The summed E-state index contributed by atoms with van der Waals surface area (Å²) in [5, 5.41) is 4.33. The van der Waals surface area contributed by atoms with Gasteiger partial charge in [-0.25, -0.2) is 0 Å². The fourth-order valence-corrected chi connectivity index (χ4v) is 3.48. The summed E-state index contributed by atoms with van der Waals surface area (Å²) in [4.78, 5) is 4.60. The molecule has 2 unspecified atom stereocenters. The second-order valence-corrected chi connectivity index (χ2v) is 6.83. The number of nitrogens with zero attached hydrogens (tertiary/aromatic N) is 1. The van der Waals surface area contributed by atoms with Gasteiger partial charge in [0.1, 0.15) is 0 Å². The van der Waals surface area contributed by atoms with E-state index in [9.17, 15) is 4.21 Å². The van der Waals surface area contributed by atoms with Crippen LogP contribution >= 0.6 is 11.8 Å². The van der Waals surface area contributed by atoms with Crippen molar-refractivity contribution in [3.05, 3.63) is 0 Å². The third kappa shape index (κ3) is 4.55. The lowest BCUT2D eigenvalue weighted by atomic mass is 10.1. The first-order valence-corrected chi connectivity index (χ1v) is 7.97. The molecule has 5 heteroatoms. The molecule has 1 aliphatic rings.